The lowest BCUT2D eigenvalue weighted by Crippen LogP contribution is -2.39. The maximum absolute atomic E-state index is 12.8. The minimum absolute atomic E-state index is 0.179. The van der Waals surface area contributed by atoms with Crippen LogP contribution in [0.3, 0.4) is 0 Å². The van der Waals surface area contributed by atoms with Crippen molar-refractivity contribution in [3.05, 3.63) is 40.9 Å². The second-order valence-electron chi connectivity index (χ2n) is 5.61. The highest BCUT2D eigenvalue weighted by Gasteiger charge is 2.67. The van der Waals surface area contributed by atoms with Crippen LogP contribution in [0.4, 0.5) is 5.69 Å². The van der Waals surface area contributed by atoms with Crippen molar-refractivity contribution in [1.29, 1.82) is 0 Å². The topological polar surface area (TPSA) is 66.8 Å². The summed E-state index contributed by atoms with van der Waals surface area (Å²) in [6.07, 6.45) is 3.14. The molecule has 6 heteroatoms. The van der Waals surface area contributed by atoms with Gasteiger partial charge in [-0.05, 0) is 28.1 Å². The van der Waals surface area contributed by atoms with Gasteiger partial charge in [-0.25, -0.2) is 0 Å². The number of aliphatic carboxylic acids is 1. The number of rotatable bonds is 2. The molecule has 0 aromatic heterocycles. The monoisotopic (exact) mass is 349 g/mol. The third kappa shape index (κ3) is 1.60. The van der Waals surface area contributed by atoms with Gasteiger partial charge in [-0.1, -0.05) is 24.3 Å². The van der Waals surface area contributed by atoms with Gasteiger partial charge in [0.2, 0.25) is 5.91 Å². The van der Waals surface area contributed by atoms with Crippen LogP contribution in [0, 0.1) is 11.8 Å². The van der Waals surface area contributed by atoms with E-state index < -0.39 is 29.5 Å². The Bertz CT molecular complexity index is 688. The molecular weight excluding hydrogens is 338 g/mol. The van der Waals surface area contributed by atoms with E-state index in [-0.39, 0.29) is 5.91 Å². The molecule has 2 bridgehead atoms. The van der Waals surface area contributed by atoms with E-state index in [0.717, 1.165) is 10.2 Å². The molecular formula is C15H12BrNO4. The summed E-state index contributed by atoms with van der Waals surface area (Å²) < 4.78 is 6.66. The zero-order valence-electron chi connectivity index (χ0n) is 10.9. The number of amides is 1. The highest BCUT2D eigenvalue weighted by Crippen LogP contribution is 2.53. The van der Waals surface area contributed by atoms with Gasteiger partial charge in [-0.3, -0.25) is 9.59 Å². The van der Waals surface area contributed by atoms with Crippen molar-refractivity contribution in [3.63, 3.8) is 0 Å². The summed E-state index contributed by atoms with van der Waals surface area (Å²) >= 11 is 3.44. The van der Waals surface area contributed by atoms with Crippen LogP contribution in [0.2, 0.25) is 0 Å². The number of carbonyl (C=O) groups excluding carboxylic acids is 1. The molecule has 4 atom stereocenters. The van der Waals surface area contributed by atoms with Crippen LogP contribution in [-0.4, -0.2) is 35.2 Å². The third-order valence-electron chi connectivity index (χ3n) is 4.53. The van der Waals surface area contributed by atoms with E-state index in [1.807, 2.05) is 30.3 Å². The maximum atomic E-state index is 12.8. The fourth-order valence-electron chi connectivity index (χ4n) is 3.65. The molecule has 21 heavy (non-hydrogen) atoms. The number of carboxylic acid groups (broad SMARTS) is 1. The number of carboxylic acids is 1. The number of ether oxygens (including phenoxy) is 1. The van der Waals surface area contributed by atoms with Gasteiger partial charge in [0, 0.05) is 4.47 Å². The lowest BCUT2D eigenvalue weighted by atomic mass is 9.77. The molecule has 0 radical (unpaired) electrons. The minimum Gasteiger partial charge on any atom is -0.481 e. The number of anilines is 1. The number of carbonyl (C=O) groups is 2. The quantitative estimate of drug-likeness (QED) is 0.827. The number of fused-ring (bicyclic) bond motifs is 1. The van der Waals surface area contributed by atoms with E-state index in [4.69, 9.17) is 4.74 Å². The predicted molar refractivity (Wildman–Crippen MR) is 77.9 cm³/mol. The fraction of sp³-hybridized carbons (Fsp3) is 0.333. The number of halogens is 1. The zero-order valence-corrected chi connectivity index (χ0v) is 12.5. The molecule has 4 unspecified atom stereocenters. The molecule has 2 fully saturated rings. The summed E-state index contributed by atoms with van der Waals surface area (Å²) in [6.45, 7) is 0.357. The Hall–Kier alpha value is -1.66. The van der Waals surface area contributed by atoms with Crippen LogP contribution in [0.25, 0.3) is 0 Å². The summed E-state index contributed by atoms with van der Waals surface area (Å²) in [5, 5.41) is 9.41. The third-order valence-corrected chi connectivity index (χ3v) is 5.20. The van der Waals surface area contributed by atoms with Crippen LogP contribution >= 0.6 is 15.9 Å². The van der Waals surface area contributed by atoms with Crippen LogP contribution in [0.1, 0.15) is 0 Å². The largest absolute Gasteiger partial charge is 0.481 e. The first kappa shape index (κ1) is 13.0. The van der Waals surface area contributed by atoms with Crippen molar-refractivity contribution in [2.45, 2.75) is 11.7 Å². The Morgan fingerprint density at radius 2 is 2.19 bits per heavy atom. The summed E-state index contributed by atoms with van der Waals surface area (Å²) in [6, 6.07) is 7.42. The number of hydrogen-bond acceptors (Lipinski definition) is 3. The van der Waals surface area contributed by atoms with Gasteiger partial charge in [0.05, 0.1) is 24.3 Å². The predicted octanol–water partition coefficient (Wildman–Crippen LogP) is 1.82. The van der Waals surface area contributed by atoms with E-state index in [9.17, 15) is 14.7 Å². The van der Waals surface area contributed by atoms with Gasteiger partial charge in [-0.15, -0.1) is 0 Å². The summed E-state index contributed by atoms with van der Waals surface area (Å²) in [7, 11) is 0. The van der Waals surface area contributed by atoms with Crippen LogP contribution < -0.4 is 4.90 Å². The smallest absolute Gasteiger partial charge is 0.310 e. The average Bonchev–Trinajstić information content (AvgIpc) is 3.08. The fourth-order valence-corrected chi connectivity index (χ4v) is 4.15. The molecule has 1 amide bonds. The molecule has 4 rings (SSSR count). The van der Waals surface area contributed by atoms with Crippen molar-refractivity contribution in [2.24, 2.45) is 11.8 Å². The zero-order chi connectivity index (χ0) is 14.8. The van der Waals surface area contributed by atoms with Crippen LogP contribution in [0.5, 0.6) is 0 Å². The Morgan fingerprint density at radius 1 is 1.43 bits per heavy atom. The average molecular weight is 350 g/mol. The molecule has 0 saturated carbocycles. The molecule has 108 valence electrons. The van der Waals surface area contributed by atoms with Gasteiger partial charge in [-0.2, -0.15) is 0 Å². The minimum atomic E-state index is -0.974. The van der Waals surface area contributed by atoms with Crippen molar-refractivity contribution in [1.82, 2.24) is 0 Å². The summed E-state index contributed by atoms with van der Waals surface area (Å²) in [4.78, 5) is 25.9. The van der Waals surface area contributed by atoms with E-state index in [1.54, 1.807) is 11.0 Å². The number of nitrogens with zero attached hydrogens (tertiary/aromatic N) is 1. The van der Waals surface area contributed by atoms with E-state index in [1.165, 1.54) is 0 Å². The second kappa shape index (κ2) is 4.18. The highest BCUT2D eigenvalue weighted by molar-refractivity contribution is 9.10. The van der Waals surface area contributed by atoms with Crippen molar-refractivity contribution in [3.8, 4) is 0 Å². The molecule has 1 aromatic carbocycles. The lowest BCUT2D eigenvalue weighted by Gasteiger charge is -2.22. The molecule has 5 nitrogen and oxygen atoms in total. The maximum Gasteiger partial charge on any atom is 0.310 e. The second-order valence-corrected chi connectivity index (χ2v) is 6.47. The van der Waals surface area contributed by atoms with Gasteiger partial charge in [0.15, 0.2) is 0 Å². The number of para-hydroxylation sites is 1. The van der Waals surface area contributed by atoms with E-state index >= 15 is 0 Å². The Labute approximate surface area is 129 Å². The standard InChI is InChI=1S/C15H12BrNO4/c16-8-3-1-2-4-9(8)17-7-15-6-5-10(21-15)11(14(19)20)12(15)13(17)18/h1-6,10-12H,7H2,(H,19,20). The number of hydrogen-bond donors (Lipinski definition) is 1. The summed E-state index contributed by atoms with van der Waals surface area (Å²) in [5.41, 5.74) is -0.0454. The number of benzene rings is 1. The Balaban J connectivity index is 1.78. The van der Waals surface area contributed by atoms with Gasteiger partial charge in [0.1, 0.15) is 11.5 Å². The van der Waals surface area contributed by atoms with Crippen molar-refractivity contribution in [2.75, 3.05) is 11.4 Å². The molecule has 3 aliphatic rings. The SMILES string of the molecule is O=C(O)C1C2C=CC3(CN(c4ccccc4Br)C(=O)C13)O2. The first-order chi connectivity index (χ1) is 10.0. The molecule has 1 spiro atoms. The molecule has 3 aliphatic heterocycles. The van der Waals surface area contributed by atoms with Crippen LogP contribution in [-0.2, 0) is 14.3 Å². The molecule has 1 aromatic rings. The summed E-state index contributed by atoms with van der Waals surface area (Å²) in [5.74, 6) is -2.59. The molecule has 0 aliphatic carbocycles. The van der Waals surface area contributed by atoms with Crippen LogP contribution in [0.15, 0.2) is 40.9 Å². The van der Waals surface area contributed by atoms with Crippen molar-refractivity contribution >= 4 is 33.5 Å². The molecule has 1 N–H and O–H groups in total. The molecule has 3 heterocycles. The Kier molecular flexibility index (Phi) is 2.59. The normalized spacial score (nSPS) is 36.3. The van der Waals surface area contributed by atoms with E-state index in [0.29, 0.717) is 6.54 Å². The van der Waals surface area contributed by atoms with Crippen molar-refractivity contribution < 1.29 is 19.4 Å². The first-order valence-corrected chi connectivity index (χ1v) is 7.49. The van der Waals surface area contributed by atoms with E-state index in [2.05, 4.69) is 15.9 Å². The van der Waals surface area contributed by atoms with Gasteiger partial charge in [0.25, 0.3) is 0 Å². The van der Waals surface area contributed by atoms with Gasteiger partial charge >= 0.3 is 5.97 Å². The molecule has 2 saturated heterocycles. The first-order valence-electron chi connectivity index (χ1n) is 6.69. The Morgan fingerprint density at radius 3 is 2.90 bits per heavy atom. The van der Waals surface area contributed by atoms with Gasteiger partial charge < -0.3 is 14.7 Å². The lowest BCUT2D eigenvalue weighted by molar-refractivity contribution is -0.146. The highest BCUT2D eigenvalue weighted by atomic mass is 79.9.